The van der Waals surface area contributed by atoms with Crippen LogP contribution in [0.15, 0.2) is 0 Å². The average Bonchev–Trinajstić information content (AvgIpc) is 3.08. The average molecular weight is 258 g/mol. The highest BCUT2D eigenvalue weighted by Crippen LogP contribution is 2.29. The van der Waals surface area contributed by atoms with Crippen LogP contribution in [-0.2, 0) is 9.53 Å². The van der Waals surface area contributed by atoms with Crippen molar-refractivity contribution in [3.63, 3.8) is 0 Å². The highest BCUT2D eigenvalue weighted by Gasteiger charge is 2.28. The second kappa shape index (κ2) is 7.20. The molecular weight excluding hydrogens is 236 g/mol. The molecule has 18 heavy (non-hydrogen) atoms. The van der Waals surface area contributed by atoms with E-state index in [-0.39, 0.29) is 18.6 Å². The quantitative estimate of drug-likeness (QED) is 0.678. The number of hydrogen-bond donors (Lipinski definition) is 2. The van der Waals surface area contributed by atoms with Gasteiger partial charge in [-0.1, -0.05) is 0 Å². The molecule has 0 aliphatic heterocycles. The maximum atomic E-state index is 11.9. The minimum atomic E-state index is -0.983. The summed E-state index contributed by atoms with van der Waals surface area (Å²) in [6, 6.07) is -0.440. The van der Waals surface area contributed by atoms with Crippen LogP contribution < -0.4 is 5.32 Å². The summed E-state index contributed by atoms with van der Waals surface area (Å²) in [5.41, 5.74) is 0. The molecule has 1 rings (SSSR count). The molecule has 0 radical (unpaired) electrons. The highest BCUT2D eigenvalue weighted by atomic mass is 16.5. The Morgan fingerprint density at radius 2 is 2.17 bits per heavy atom. The standard InChI is InChI=1S/C12H22N2O4/c1-3-18-8-9(2)13-12(17)14(7-11(15)16)6-10-4-5-10/h9-10H,3-8H2,1-2H3,(H,13,17)(H,15,16). The number of carbonyl (C=O) groups excluding carboxylic acids is 1. The number of hydrogen-bond acceptors (Lipinski definition) is 3. The van der Waals surface area contributed by atoms with E-state index in [1.165, 1.54) is 4.90 Å². The zero-order valence-electron chi connectivity index (χ0n) is 11.0. The Bertz CT molecular complexity index is 292. The summed E-state index contributed by atoms with van der Waals surface area (Å²) in [6.45, 7) is 5.04. The van der Waals surface area contributed by atoms with Crippen molar-refractivity contribution in [3.05, 3.63) is 0 Å². The smallest absolute Gasteiger partial charge is 0.323 e. The molecule has 1 atom stereocenters. The molecule has 0 aromatic heterocycles. The maximum Gasteiger partial charge on any atom is 0.323 e. The van der Waals surface area contributed by atoms with Crippen LogP contribution in [0.4, 0.5) is 4.79 Å². The Kier molecular flexibility index (Phi) is 5.91. The Morgan fingerprint density at radius 3 is 2.67 bits per heavy atom. The number of carboxylic acids is 1. The molecule has 2 N–H and O–H groups in total. The topological polar surface area (TPSA) is 78.9 Å². The van der Waals surface area contributed by atoms with E-state index in [0.717, 1.165) is 12.8 Å². The van der Waals surface area contributed by atoms with Crippen LogP contribution in [-0.4, -0.2) is 54.4 Å². The van der Waals surface area contributed by atoms with Crippen LogP contribution in [0.2, 0.25) is 0 Å². The second-order valence-electron chi connectivity index (χ2n) is 4.73. The molecule has 1 fully saturated rings. The van der Waals surface area contributed by atoms with E-state index < -0.39 is 5.97 Å². The van der Waals surface area contributed by atoms with E-state index in [9.17, 15) is 9.59 Å². The van der Waals surface area contributed by atoms with Crippen LogP contribution in [0.1, 0.15) is 26.7 Å². The summed E-state index contributed by atoms with van der Waals surface area (Å²) in [5.74, 6) is -0.513. The number of aliphatic carboxylic acids is 1. The first-order valence-corrected chi connectivity index (χ1v) is 6.37. The minimum Gasteiger partial charge on any atom is -0.480 e. The van der Waals surface area contributed by atoms with Crippen LogP contribution in [0.5, 0.6) is 0 Å². The Labute approximate surface area is 107 Å². The van der Waals surface area contributed by atoms with E-state index in [4.69, 9.17) is 9.84 Å². The van der Waals surface area contributed by atoms with Gasteiger partial charge >= 0.3 is 12.0 Å². The zero-order chi connectivity index (χ0) is 13.5. The van der Waals surface area contributed by atoms with Gasteiger partial charge in [-0.3, -0.25) is 4.79 Å². The fraction of sp³-hybridized carbons (Fsp3) is 0.833. The first-order chi connectivity index (χ1) is 8.52. The molecule has 1 saturated carbocycles. The van der Waals surface area contributed by atoms with Crippen LogP contribution in [0.25, 0.3) is 0 Å². The summed E-state index contributed by atoms with van der Waals surface area (Å²) in [7, 11) is 0. The Hall–Kier alpha value is -1.30. The lowest BCUT2D eigenvalue weighted by Crippen LogP contribution is -2.47. The van der Waals surface area contributed by atoms with Crippen molar-refractivity contribution < 1.29 is 19.4 Å². The van der Waals surface area contributed by atoms with Crippen molar-refractivity contribution in [1.82, 2.24) is 10.2 Å². The summed E-state index contributed by atoms with van der Waals surface area (Å²) in [6.07, 6.45) is 2.16. The number of carbonyl (C=O) groups is 2. The summed E-state index contributed by atoms with van der Waals surface area (Å²) >= 11 is 0. The number of carboxylic acid groups (broad SMARTS) is 1. The number of rotatable bonds is 8. The zero-order valence-corrected chi connectivity index (χ0v) is 11.0. The SMILES string of the molecule is CCOCC(C)NC(=O)N(CC(=O)O)CC1CC1. The fourth-order valence-electron chi connectivity index (χ4n) is 1.63. The monoisotopic (exact) mass is 258 g/mol. The summed E-state index contributed by atoms with van der Waals surface area (Å²) in [4.78, 5) is 24.0. The lowest BCUT2D eigenvalue weighted by Gasteiger charge is -2.23. The van der Waals surface area contributed by atoms with Gasteiger partial charge in [0.2, 0.25) is 0 Å². The van der Waals surface area contributed by atoms with Gasteiger partial charge in [-0.15, -0.1) is 0 Å². The molecule has 0 saturated heterocycles. The molecule has 0 heterocycles. The van der Waals surface area contributed by atoms with E-state index in [1.807, 2.05) is 13.8 Å². The predicted molar refractivity (Wildman–Crippen MR) is 66.4 cm³/mol. The number of amides is 2. The normalized spacial score (nSPS) is 16.1. The van der Waals surface area contributed by atoms with Crippen molar-refractivity contribution in [2.45, 2.75) is 32.7 Å². The molecule has 6 heteroatoms. The van der Waals surface area contributed by atoms with E-state index in [0.29, 0.717) is 25.7 Å². The number of nitrogens with one attached hydrogen (secondary N) is 1. The van der Waals surface area contributed by atoms with Gasteiger partial charge in [0.15, 0.2) is 0 Å². The van der Waals surface area contributed by atoms with E-state index in [1.54, 1.807) is 0 Å². The maximum absolute atomic E-state index is 11.9. The first kappa shape index (κ1) is 14.8. The molecule has 0 aromatic carbocycles. The molecule has 104 valence electrons. The Morgan fingerprint density at radius 1 is 1.50 bits per heavy atom. The van der Waals surface area contributed by atoms with Gasteiger partial charge in [-0.25, -0.2) is 4.79 Å². The fourth-order valence-corrected chi connectivity index (χ4v) is 1.63. The molecule has 1 unspecified atom stereocenters. The minimum absolute atomic E-state index is 0.118. The third kappa shape index (κ3) is 5.86. The molecule has 1 aliphatic carbocycles. The van der Waals surface area contributed by atoms with Crippen molar-refractivity contribution in [2.75, 3.05) is 26.3 Å². The van der Waals surface area contributed by atoms with Crippen molar-refractivity contribution >= 4 is 12.0 Å². The molecule has 0 aromatic rings. The number of ether oxygens (including phenoxy) is 1. The van der Waals surface area contributed by atoms with Crippen LogP contribution >= 0.6 is 0 Å². The lowest BCUT2D eigenvalue weighted by atomic mass is 10.3. The predicted octanol–water partition coefficient (Wildman–Crippen LogP) is 0.918. The second-order valence-corrected chi connectivity index (χ2v) is 4.73. The van der Waals surface area contributed by atoms with Gasteiger partial charge in [-0.2, -0.15) is 0 Å². The van der Waals surface area contributed by atoms with Gasteiger partial charge in [0.25, 0.3) is 0 Å². The van der Waals surface area contributed by atoms with Gasteiger partial charge in [0.05, 0.1) is 12.6 Å². The van der Waals surface area contributed by atoms with Crippen molar-refractivity contribution in [3.8, 4) is 0 Å². The van der Waals surface area contributed by atoms with Gasteiger partial charge in [-0.05, 0) is 32.6 Å². The molecule has 2 amide bonds. The van der Waals surface area contributed by atoms with E-state index in [2.05, 4.69) is 5.32 Å². The molecule has 1 aliphatic rings. The van der Waals surface area contributed by atoms with Crippen molar-refractivity contribution in [1.29, 1.82) is 0 Å². The van der Waals surface area contributed by atoms with Crippen LogP contribution in [0, 0.1) is 5.92 Å². The number of urea groups is 1. The van der Waals surface area contributed by atoms with Gasteiger partial charge < -0.3 is 20.1 Å². The van der Waals surface area contributed by atoms with Crippen molar-refractivity contribution in [2.24, 2.45) is 5.92 Å². The van der Waals surface area contributed by atoms with E-state index >= 15 is 0 Å². The highest BCUT2D eigenvalue weighted by molar-refractivity contribution is 5.80. The largest absolute Gasteiger partial charge is 0.480 e. The summed E-state index contributed by atoms with van der Waals surface area (Å²) < 4.78 is 5.20. The third-order valence-electron chi connectivity index (χ3n) is 2.73. The molecule has 0 spiro atoms. The third-order valence-corrected chi connectivity index (χ3v) is 2.73. The first-order valence-electron chi connectivity index (χ1n) is 6.37. The van der Waals surface area contributed by atoms with Gasteiger partial charge in [0.1, 0.15) is 6.54 Å². The van der Waals surface area contributed by atoms with Gasteiger partial charge in [0, 0.05) is 13.2 Å². The summed E-state index contributed by atoms with van der Waals surface area (Å²) in [5, 5.41) is 11.5. The molecule has 6 nitrogen and oxygen atoms in total. The molecular formula is C12H22N2O4. The number of nitrogens with zero attached hydrogens (tertiary/aromatic N) is 1. The Balaban J connectivity index is 2.39. The van der Waals surface area contributed by atoms with Crippen LogP contribution in [0.3, 0.4) is 0 Å². The molecule has 0 bridgehead atoms. The lowest BCUT2D eigenvalue weighted by molar-refractivity contribution is -0.137.